The summed E-state index contributed by atoms with van der Waals surface area (Å²) in [5, 5.41) is 0. The third-order valence-corrected chi connectivity index (χ3v) is 2.62. The first-order valence-electron chi connectivity index (χ1n) is 5.79. The molecule has 0 aliphatic heterocycles. The van der Waals surface area contributed by atoms with Crippen LogP contribution in [0.2, 0.25) is 0 Å². The minimum Gasteiger partial charge on any atom is -0.393 e. The zero-order chi connectivity index (χ0) is 12.7. The van der Waals surface area contributed by atoms with E-state index in [0.717, 1.165) is 12.1 Å². The maximum Gasteiger partial charge on any atom is 0.226 e. The molecule has 1 aromatic carbocycles. The molecule has 3 nitrogen and oxygen atoms in total. The molecular weight excluding hydrogens is 232 g/mol. The monoisotopic (exact) mass is 250 g/mol. The summed E-state index contributed by atoms with van der Waals surface area (Å²) in [7, 11) is 0. The Morgan fingerprint density at radius 3 is 2.47 bits per heavy atom. The van der Waals surface area contributed by atoms with Gasteiger partial charge < -0.3 is 10.6 Å². The molecule has 1 aromatic rings. The molecule has 0 bridgehead atoms. The highest BCUT2D eigenvalue weighted by atomic mass is 32.1. The number of carbonyl (C=O) groups excluding carboxylic acids is 1. The highest BCUT2D eigenvalue weighted by Crippen LogP contribution is 2.15. The van der Waals surface area contributed by atoms with E-state index in [2.05, 4.69) is 0 Å². The van der Waals surface area contributed by atoms with Crippen molar-refractivity contribution in [2.75, 3.05) is 11.4 Å². The maximum absolute atomic E-state index is 12.0. The van der Waals surface area contributed by atoms with Crippen LogP contribution >= 0.6 is 12.2 Å². The summed E-state index contributed by atoms with van der Waals surface area (Å²) in [4.78, 5) is 14.2. The van der Waals surface area contributed by atoms with Gasteiger partial charge in [-0.1, -0.05) is 37.3 Å². The van der Waals surface area contributed by atoms with Crippen LogP contribution in [0.5, 0.6) is 0 Å². The Bertz CT molecular complexity index is 378. The molecular formula is C13H18N2OS. The highest BCUT2D eigenvalue weighted by molar-refractivity contribution is 7.80. The van der Waals surface area contributed by atoms with E-state index in [4.69, 9.17) is 18.0 Å². The second kappa shape index (κ2) is 7.01. The van der Waals surface area contributed by atoms with Crippen LogP contribution in [0.4, 0.5) is 5.69 Å². The van der Waals surface area contributed by atoms with Gasteiger partial charge in [0.05, 0.1) is 4.99 Å². The number of para-hydroxylation sites is 1. The molecule has 0 fully saturated rings. The molecule has 0 saturated carbocycles. The number of thiocarbonyl (C=S) groups is 1. The van der Waals surface area contributed by atoms with Gasteiger partial charge in [-0.05, 0) is 18.6 Å². The molecule has 0 aliphatic carbocycles. The molecule has 92 valence electrons. The SMILES string of the molecule is CCCC(=O)N(CCC(N)=S)c1ccccc1. The van der Waals surface area contributed by atoms with Gasteiger partial charge in [0, 0.05) is 25.1 Å². The number of carbonyl (C=O) groups is 1. The zero-order valence-corrected chi connectivity index (χ0v) is 10.9. The van der Waals surface area contributed by atoms with E-state index in [1.54, 1.807) is 4.90 Å². The van der Waals surface area contributed by atoms with Crippen molar-refractivity contribution in [2.24, 2.45) is 5.73 Å². The molecule has 0 saturated heterocycles. The Morgan fingerprint density at radius 1 is 1.29 bits per heavy atom. The van der Waals surface area contributed by atoms with Crippen LogP contribution < -0.4 is 10.6 Å². The predicted molar refractivity (Wildman–Crippen MR) is 75.1 cm³/mol. The molecule has 0 unspecified atom stereocenters. The minimum atomic E-state index is 0.120. The molecule has 0 atom stereocenters. The lowest BCUT2D eigenvalue weighted by atomic mass is 10.2. The molecule has 0 aliphatic rings. The number of benzene rings is 1. The zero-order valence-electron chi connectivity index (χ0n) is 10.1. The Labute approximate surface area is 108 Å². The van der Waals surface area contributed by atoms with Crippen LogP contribution in [-0.4, -0.2) is 17.4 Å². The van der Waals surface area contributed by atoms with Crippen LogP contribution in [0, 0.1) is 0 Å². The molecule has 17 heavy (non-hydrogen) atoms. The topological polar surface area (TPSA) is 46.3 Å². The van der Waals surface area contributed by atoms with E-state index in [1.807, 2.05) is 37.3 Å². The van der Waals surface area contributed by atoms with E-state index in [0.29, 0.717) is 24.4 Å². The third-order valence-electron chi connectivity index (χ3n) is 2.41. The Morgan fingerprint density at radius 2 is 1.94 bits per heavy atom. The minimum absolute atomic E-state index is 0.120. The summed E-state index contributed by atoms with van der Waals surface area (Å²) < 4.78 is 0. The van der Waals surface area contributed by atoms with Crippen LogP contribution in [0.25, 0.3) is 0 Å². The normalized spacial score (nSPS) is 9.94. The molecule has 2 N–H and O–H groups in total. The van der Waals surface area contributed by atoms with E-state index >= 15 is 0 Å². The summed E-state index contributed by atoms with van der Waals surface area (Å²) in [6.07, 6.45) is 1.95. The van der Waals surface area contributed by atoms with Crippen molar-refractivity contribution in [1.29, 1.82) is 0 Å². The van der Waals surface area contributed by atoms with E-state index in [9.17, 15) is 4.79 Å². The molecule has 0 spiro atoms. The Kier molecular flexibility index (Phi) is 5.63. The quantitative estimate of drug-likeness (QED) is 0.789. The molecule has 1 rings (SSSR count). The van der Waals surface area contributed by atoms with Crippen molar-refractivity contribution < 1.29 is 4.79 Å². The van der Waals surface area contributed by atoms with Gasteiger partial charge in [0.1, 0.15) is 0 Å². The van der Waals surface area contributed by atoms with Crippen LogP contribution in [-0.2, 0) is 4.79 Å². The lowest BCUT2D eigenvalue weighted by molar-refractivity contribution is -0.118. The van der Waals surface area contributed by atoms with Gasteiger partial charge >= 0.3 is 0 Å². The first-order valence-corrected chi connectivity index (χ1v) is 6.19. The van der Waals surface area contributed by atoms with Crippen molar-refractivity contribution in [2.45, 2.75) is 26.2 Å². The number of hydrogen-bond donors (Lipinski definition) is 1. The number of anilines is 1. The highest BCUT2D eigenvalue weighted by Gasteiger charge is 2.14. The lowest BCUT2D eigenvalue weighted by Crippen LogP contribution is -2.33. The predicted octanol–water partition coefficient (Wildman–Crippen LogP) is 2.50. The molecule has 4 heteroatoms. The third kappa shape index (κ3) is 4.53. The number of hydrogen-bond acceptors (Lipinski definition) is 2. The molecule has 1 amide bonds. The maximum atomic E-state index is 12.0. The van der Waals surface area contributed by atoms with Gasteiger partial charge in [-0.25, -0.2) is 0 Å². The van der Waals surface area contributed by atoms with Crippen molar-refractivity contribution >= 4 is 28.8 Å². The van der Waals surface area contributed by atoms with Crippen molar-refractivity contribution in [3.05, 3.63) is 30.3 Å². The largest absolute Gasteiger partial charge is 0.393 e. The molecule has 0 radical (unpaired) electrons. The number of nitrogens with two attached hydrogens (primary N) is 1. The standard InChI is InChI=1S/C13H18N2OS/c1-2-6-13(16)15(10-9-12(14)17)11-7-4-3-5-8-11/h3-5,7-8H,2,6,9-10H2,1H3,(H2,14,17). The first kappa shape index (κ1) is 13.6. The Balaban J connectivity index is 2.78. The summed E-state index contributed by atoms with van der Waals surface area (Å²) >= 11 is 4.85. The smallest absolute Gasteiger partial charge is 0.226 e. The summed E-state index contributed by atoms with van der Waals surface area (Å²) in [6.45, 7) is 2.55. The van der Waals surface area contributed by atoms with Gasteiger partial charge in [-0.3, -0.25) is 4.79 Å². The molecule has 0 heterocycles. The van der Waals surface area contributed by atoms with Crippen LogP contribution in [0.1, 0.15) is 26.2 Å². The second-order valence-corrected chi connectivity index (χ2v) is 4.37. The number of amides is 1. The van der Waals surface area contributed by atoms with Crippen LogP contribution in [0.15, 0.2) is 30.3 Å². The Hall–Kier alpha value is -1.42. The average molecular weight is 250 g/mol. The van der Waals surface area contributed by atoms with Crippen molar-refractivity contribution in [3.8, 4) is 0 Å². The fraction of sp³-hybridized carbons (Fsp3) is 0.385. The van der Waals surface area contributed by atoms with E-state index in [-0.39, 0.29) is 5.91 Å². The lowest BCUT2D eigenvalue weighted by Gasteiger charge is -2.22. The number of rotatable bonds is 6. The van der Waals surface area contributed by atoms with Gasteiger partial charge in [0.2, 0.25) is 5.91 Å². The molecule has 0 aromatic heterocycles. The van der Waals surface area contributed by atoms with Gasteiger partial charge in [-0.2, -0.15) is 0 Å². The van der Waals surface area contributed by atoms with Crippen molar-refractivity contribution in [3.63, 3.8) is 0 Å². The first-order chi connectivity index (χ1) is 8.15. The fourth-order valence-electron chi connectivity index (χ4n) is 1.58. The van der Waals surface area contributed by atoms with Crippen molar-refractivity contribution in [1.82, 2.24) is 0 Å². The summed E-state index contributed by atoms with van der Waals surface area (Å²) in [5.41, 5.74) is 6.39. The van der Waals surface area contributed by atoms with Gasteiger partial charge in [0.15, 0.2) is 0 Å². The fourth-order valence-corrected chi connectivity index (χ4v) is 1.67. The van der Waals surface area contributed by atoms with Crippen LogP contribution in [0.3, 0.4) is 0 Å². The number of nitrogens with zero attached hydrogens (tertiary/aromatic N) is 1. The van der Waals surface area contributed by atoms with Gasteiger partial charge in [-0.15, -0.1) is 0 Å². The second-order valence-electron chi connectivity index (χ2n) is 3.85. The summed E-state index contributed by atoms with van der Waals surface area (Å²) in [5.74, 6) is 0.120. The van der Waals surface area contributed by atoms with E-state index < -0.39 is 0 Å². The summed E-state index contributed by atoms with van der Waals surface area (Å²) in [6, 6.07) is 9.62. The average Bonchev–Trinajstić information content (AvgIpc) is 2.30. The van der Waals surface area contributed by atoms with E-state index in [1.165, 1.54) is 0 Å². The van der Waals surface area contributed by atoms with Gasteiger partial charge in [0.25, 0.3) is 0 Å².